The van der Waals surface area contributed by atoms with Crippen molar-refractivity contribution in [3.63, 3.8) is 0 Å². The van der Waals surface area contributed by atoms with Gasteiger partial charge < -0.3 is 23.7 Å². The number of benzene rings is 1. The van der Waals surface area contributed by atoms with Gasteiger partial charge in [0.05, 0.1) is 11.5 Å². The Morgan fingerprint density at radius 3 is 2.08 bits per heavy atom. The first-order valence-corrected chi connectivity index (χ1v) is 9.10. The molecule has 142 valence electrons. The number of rotatable bonds is 8. The summed E-state index contributed by atoms with van der Waals surface area (Å²) in [6.45, 7) is 0.181. The van der Waals surface area contributed by atoms with Crippen molar-refractivity contribution in [2.75, 3.05) is 35.0 Å². The van der Waals surface area contributed by atoms with Crippen LogP contribution in [0.15, 0.2) is 35.2 Å². The largest absolute Gasteiger partial charge is 0.382 e. The molecule has 0 aromatic heterocycles. The summed E-state index contributed by atoms with van der Waals surface area (Å²) in [5.41, 5.74) is 0. The van der Waals surface area contributed by atoms with Crippen LogP contribution in [0.2, 0.25) is 0 Å². The number of methoxy groups -OCH3 is 4. The van der Waals surface area contributed by atoms with Gasteiger partial charge in [0.1, 0.15) is 24.4 Å². The van der Waals surface area contributed by atoms with Gasteiger partial charge in [-0.05, 0) is 12.1 Å². The topological polar surface area (TPSA) is 89.5 Å². The van der Waals surface area contributed by atoms with E-state index in [1.165, 1.54) is 40.6 Å². The number of hydrogen-bond acceptors (Lipinski definition) is 8. The zero-order chi connectivity index (χ0) is 18.4. The summed E-state index contributed by atoms with van der Waals surface area (Å²) >= 11 is 0. The summed E-state index contributed by atoms with van der Waals surface area (Å²) in [7, 11) is 1.89. The molecule has 1 aromatic carbocycles. The molecule has 0 N–H and O–H groups in total. The lowest BCUT2D eigenvalue weighted by Crippen LogP contribution is -2.61. The number of ether oxygens (including phenoxy) is 5. The minimum Gasteiger partial charge on any atom is -0.382 e. The minimum atomic E-state index is -4.04. The Balaban J connectivity index is 2.28. The number of hydrogen-bond donors (Lipinski definition) is 0. The quantitative estimate of drug-likeness (QED) is 0.372. The van der Waals surface area contributed by atoms with Crippen molar-refractivity contribution in [2.24, 2.45) is 0 Å². The van der Waals surface area contributed by atoms with E-state index in [1.54, 1.807) is 18.2 Å². The molecule has 1 heterocycles. The summed E-state index contributed by atoms with van der Waals surface area (Å²) in [5.74, 6) is 0. The maximum absolute atomic E-state index is 12.5. The fraction of sp³-hybridized carbons (Fsp3) is 0.625. The molecule has 8 nitrogen and oxygen atoms in total. The van der Waals surface area contributed by atoms with Crippen molar-refractivity contribution in [1.82, 2.24) is 0 Å². The molecule has 2 rings (SSSR count). The van der Waals surface area contributed by atoms with Gasteiger partial charge in [0.2, 0.25) is 6.29 Å². The molecule has 1 aliphatic heterocycles. The summed E-state index contributed by atoms with van der Waals surface area (Å²) < 4.78 is 57.5. The van der Waals surface area contributed by atoms with E-state index in [0.717, 1.165) is 0 Å². The molecule has 1 aromatic rings. The Kier molecular flexibility index (Phi) is 7.32. The van der Waals surface area contributed by atoms with Crippen LogP contribution >= 0.6 is 0 Å². The fourth-order valence-corrected chi connectivity index (χ4v) is 3.83. The van der Waals surface area contributed by atoms with Crippen LogP contribution in [0.4, 0.5) is 0 Å². The summed E-state index contributed by atoms with van der Waals surface area (Å²) in [6.07, 6.45) is -3.69. The summed E-state index contributed by atoms with van der Waals surface area (Å²) in [6, 6.07) is 7.82. The molecule has 0 spiro atoms. The average Bonchev–Trinajstić information content (AvgIpc) is 2.61. The van der Waals surface area contributed by atoms with Gasteiger partial charge in [-0.15, -0.1) is 0 Å². The third kappa shape index (κ3) is 4.56. The molecule has 1 aliphatic rings. The Morgan fingerprint density at radius 1 is 0.960 bits per heavy atom. The highest BCUT2D eigenvalue weighted by Crippen LogP contribution is 2.30. The van der Waals surface area contributed by atoms with Gasteiger partial charge in [-0.2, -0.15) is 8.42 Å². The van der Waals surface area contributed by atoms with Gasteiger partial charge in [0.15, 0.2) is 0 Å². The van der Waals surface area contributed by atoms with Crippen LogP contribution in [-0.4, -0.2) is 74.2 Å². The molecule has 0 radical (unpaired) electrons. The van der Waals surface area contributed by atoms with Gasteiger partial charge >= 0.3 is 0 Å². The van der Waals surface area contributed by atoms with E-state index in [-0.39, 0.29) is 11.5 Å². The molecule has 1 fully saturated rings. The van der Waals surface area contributed by atoms with Crippen LogP contribution < -0.4 is 0 Å². The summed E-state index contributed by atoms with van der Waals surface area (Å²) in [5, 5.41) is 0. The fourth-order valence-electron chi connectivity index (χ4n) is 2.82. The van der Waals surface area contributed by atoms with Crippen LogP contribution in [0.25, 0.3) is 0 Å². The van der Waals surface area contributed by atoms with Crippen molar-refractivity contribution in [2.45, 2.75) is 35.6 Å². The molecular formula is C16H24O8S. The normalized spacial score (nSPS) is 30.3. The second-order valence-electron chi connectivity index (χ2n) is 5.46. The van der Waals surface area contributed by atoms with Crippen LogP contribution in [-0.2, 0) is 38.0 Å². The zero-order valence-electron chi connectivity index (χ0n) is 14.7. The SMILES string of the molecule is COC[C@H]1O[13C@H]([18O]S(=O)(=O)c2ccccc2)[C@@H](OC)[C@@H](OC)[C@@H]1OC. The molecule has 25 heavy (non-hydrogen) atoms. The highest BCUT2D eigenvalue weighted by atomic mass is 32.2. The smallest absolute Gasteiger partial charge is 0.299 e. The van der Waals surface area contributed by atoms with Crippen molar-refractivity contribution in [3.05, 3.63) is 30.3 Å². The van der Waals surface area contributed by atoms with Crippen molar-refractivity contribution >= 4 is 10.1 Å². The van der Waals surface area contributed by atoms with E-state index in [2.05, 4.69) is 0 Å². The first-order chi connectivity index (χ1) is 12.0. The zero-order valence-corrected chi connectivity index (χ0v) is 15.5. The van der Waals surface area contributed by atoms with Crippen molar-refractivity contribution < 1.29 is 36.3 Å². The van der Waals surface area contributed by atoms with E-state index < -0.39 is 40.8 Å². The molecule has 0 saturated carbocycles. The molecule has 1 saturated heterocycles. The maximum Gasteiger partial charge on any atom is 0.299 e. The first kappa shape index (κ1) is 20.2. The average molecular weight is 379 g/mol. The van der Waals surface area contributed by atoms with E-state index in [1.807, 2.05) is 0 Å². The predicted octanol–water partition coefficient (Wildman–Crippen LogP) is 0.808. The molecular weight excluding hydrogens is 355 g/mol. The molecule has 0 aliphatic carbocycles. The third-order valence-electron chi connectivity index (χ3n) is 3.99. The van der Waals surface area contributed by atoms with Crippen molar-refractivity contribution in [1.29, 1.82) is 0 Å². The summed E-state index contributed by atoms with van der Waals surface area (Å²) in [4.78, 5) is 0.0274. The Bertz CT molecular complexity index is 620. The lowest BCUT2D eigenvalue weighted by molar-refractivity contribution is -0.291. The van der Waals surface area contributed by atoms with E-state index in [9.17, 15) is 8.42 Å². The highest BCUT2D eigenvalue weighted by molar-refractivity contribution is 7.86. The Morgan fingerprint density at radius 2 is 1.56 bits per heavy atom. The molecule has 0 unspecified atom stereocenters. The van der Waals surface area contributed by atoms with Gasteiger partial charge in [0.25, 0.3) is 10.1 Å². The monoisotopic (exact) mass is 379 g/mol. The van der Waals surface area contributed by atoms with Gasteiger partial charge in [-0.1, -0.05) is 18.2 Å². The predicted molar refractivity (Wildman–Crippen MR) is 87.6 cm³/mol. The standard InChI is InChI=1S/C16H24O8S/c1-19-10-12-13(20-2)14(21-3)15(22-4)16(23-12)24-25(17,18)11-8-6-5-7-9-11/h5-9,12-16H,10H2,1-4H3/t12-,13-,14+,15+,16-/m1/s1/i16+1,24+2. The van der Waals surface area contributed by atoms with E-state index >= 15 is 0 Å². The first-order valence-electron chi connectivity index (χ1n) is 7.69. The second-order valence-corrected chi connectivity index (χ2v) is 7.03. The molecule has 9 heteroatoms. The van der Waals surface area contributed by atoms with Gasteiger partial charge in [-0.3, -0.25) is 0 Å². The lowest BCUT2D eigenvalue weighted by atomic mass is 10.0. The third-order valence-corrected chi connectivity index (χ3v) is 5.28. The van der Waals surface area contributed by atoms with E-state index in [0.29, 0.717) is 0 Å². The highest BCUT2D eigenvalue weighted by Gasteiger charge is 2.49. The molecule has 0 amide bonds. The van der Waals surface area contributed by atoms with Gasteiger partial charge in [-0.25, -0.2) is 4.18 Å². The van der Waals surface area contributed by atoms with E-state index in [4.69, 9.17) is 27.9 Å². The van der Waals surface area contributed by atoms with Crippen molar-refractivity contribution in [3.8, 4) is 0 Å². The molecule has 5 atom stereocenters. The van der Waals surface area contributed by atoms with Gasteiger partial charge in [0, 0.05) is 28.4 Å². The second kappa shape index (κ2) is 9.04. The van der Waals surface area contributed by atoms with Crippen LogP contribution in [0.1, 0.15) is 0 Å². The Hall–Kier alpha value is -1.07. The van der Waals surface area contributed by atoms with Crippen LogP contribution in [0.5, 0.6) is 0 Å². The molecule has 0 bridgehead atoms. The Labute approximate surface area is 148 Å². The maximum atomic E-state index is 12.5. The minimum absolute atomic E-state index is 0.0274. The van der Waals surface area contributed by atoms with Crippen LogP contribution in [0.3, 0.4) is 0 Å². The lowest BCUT2D eigenvalue weighted by Gasteiger charge is -2.43. The van der Waals surface area contributed by atoms with Crippen LogP contribution in [0, 0.1) is 0 Å².